The normalized spacial score (nSPS) is 35.1. The quantitative estimate of drug-likeness (QED) is 0.290. The summed E-state index contributed by atoms with van der Waals surface area (Å²) in [6.45, 7) is 3.82. The van der Waals surface area contributed by atoms with Gasteiger partial charge >= 0.3 is 0 Å². The first-order chi connectivity index (χ1) is 21.2. The van der Waals surface area contributed by atoms with Gasteiger partial charge in [-0.1, -0.05) is 22.4 Å². The lowest BCUT2D eigenvalue weighted by atomic mass is 9.53. The van der Waals surface area contributed by atoms with Crippen LogP contribution in [0, 0.1) is 17.3 Å². The molecule has 3 heterocycles. The third kappa shape index (κ3) is 4.30. The number of benzene rings is 1. The van der Waals surface area contributed by atoms with Crippen LogP contribution in [0.1, 0.15) is 107 Å². The summed E-state index contributed by atoms with van der Waals surface area (Å²) in [5.41, 5.74) is 0.163. The van der Waals surface area contributed by atoms with E-state index in [0.717, 1.165) is 80.8 Å². The number of fused-ring (bicyclic) bond motifs is 5. The first-order valence-electron chi connectivity index (χ1n) is 16.6. The van der Waals surface area contributed by atoms with E-state index in [1.807, 2.05) is 29.2 Å². The third-order valence-electron chi connectivity index (χ3n) is 12.3. The summed E-state index contributed by atoms with van der Waals surface area (Å²) in [7, 11) is 0. The Morgan fingerprint density at radius 3 is 2.39 bits per heavy atom. The van der Waals surface area contributed by atoms with Crippen LogP contribution < -0.4 is 4.90 Å². The topological polar surface area (TPSA) is 107 Å². The first-order valence-corrected chi connectivity index (χ1v) is 16.6. The molecular weight excluding hydrogens is 561 g/mol. The molecule has 44 heavy (non-hydrogen) atoms. The number of rotatable bonds is 8. The summed E-state index contributed by atoms with van der Waals surface area (Å²) < 4.78 is 32.3. The average Bonchev–Trinajstić information content (AvgIpc) is 3.39. The van der Waals surface area contributed by atoms with Crippen LogP contribution in [0.5, 0.6) is 0 Å². The third-order valence-corrected chi connectivity index (χ3v) is 12.3. The number of hydrogen-bond donors (Lipinski definition) is 0. The number of carbonyl (C=O) groups excluding carboxylic acids is 1. The first kappa shape index (κ1) is 27.2. The SMILES string of the molecule is CC1(c2nc(-c3cccc(N(CC45CCC(c6nc(C7CC7)no6)(CC4)CC5)C(=O)[C@H]4CC5(F)CCC4C5)c3)no2)COC1. The molecule has 10 heteroatoms. The molecule has 3 aromatic rings. The molecule has 3 atom stereocenters. The molecule has 232 valence electrons. The summed E-state index contributed by atoms with van der Waals surface area (Å²) in [4.78, 5) is 26.0. The number of nitrogens with zero attached hydrogens (tertiary/aromatic N) is 5. The number of hydrogen-bond acceptors (Lipinski definition) is 8. The van der Waals surface area contributed by atoms with Crippen LogP contribution in [0.25, 0.3) is 11.4 Å². The fourth-order valence-electron chi connectivity index (χ4n) is 9.04. The van der Waals surface area contributed by atoms with E-state index in [-0.39, 0.29) is 34.0 Å². The van der Waals surface area contributed by atoms with Crippen molar-refractivity contribution in [3.05, 3.63) is 41.9 Å². The molecule has 7 fully saturated rings. The number of alkyl halides is 1. The maximum Gasteiger partial charge on any atom is 0.237 e. The molecule has 1 saturated heterocycles. The molecule has 2 aromatic heterocycles. The van der Waals surface area contributed by atoms with Gasteiger partial charge in [-0.3, -0.25) is 4.79 Å². The number of halogens is 1. The second kappa shape index (κ2) is 9.44. The van der Waals surface area contributed by atoms with Gasteiger partial charge in [-0.25, -0.2) is 4.39 Å². The fraction of sp³-hybridized carbons (Fsp3) is 0.676. The highest BCUT2D eigenvalue weighted by molar-refractivity contribution is 5.96. The van der Waals surface area contributed by atoms with E-state index in [4.69, 9.17) is 23.8 Å². The lowest BCUT2D eigenvalue weighted by molar-refractivity contribution is -0.125. The molecule has 0 radical (unpaired) electrons. The number of aromatic nitrogens is 4. The molecule has 9 nitrogen and oxygen atoms in total. The van der Waals surface area contributed by atoms with Crippen molar-refractivity contribution in [3.8, 4) is 11.4 Å². The van der Waals surface area contributed by atoms with Crippen LogP contribution in [0.15, 0.2) is 33.3 Å². The standard InChI is InChI=1S/C34H40FN5O4/c1-31(19-42-20-31)29-36-27(39-43-29)22-3-2-4-24(15-22)40(28(41)25-17-34(35)8-7-23(25)16-34)18-32-9-12-33(13-10-32,14-11-32)30-37-26(38-44-30)21-5-6-21/h2-4,15,21,23,25H,5-14,16-20H2,1H3/t23?,25-,32?,33?,34?/m0/s1. The predicted molar refractivity (Wildman–Crippen MR) is 158 cm³/mol. The largest absolute Gasteiger partial charge is 0.379 e. The van der Waals surface area contributed by atoms with Gasteiger partial charge < -0.3 is 18.7 Å². The Morgan fingerprint density at radius 2 is 1.73 bits per heavy atom. The van der Waals surface area contributed by atoms with Crippen LogP contribution in [0.4, 0.5) is 10.1 Å². The van der Waals surface area contributed by atoms with Gasteiger partial charge in [0.1, 0.15) is 5.67 Å². The second-order valence-corrected chi connectivity index (χ2v) is 15.4. The Labute approximate surface area is 256 Å². The van der Waals surface area contributed by atoms with Gasteiger partial charge in [0.05, 0.1) is 18.6 Å². The summed E-state index contributed by atoms with van der Waals surface area (Å²) in [6.07, 6.45) is 10.6. The highest BCUT2D eigenvalue weighted by Gasteiger charge is 2.56. The minimum Gasteiger partial charge on any atom is -0.379 e. The fourth-order valence-corrected chi connectivity index (χ4v) is 9.04. The maximum absolute atomic E-state index is 15.4. The molecule has 7 aliphatic rings. The Bertz CT molecular complexity index is 1590. The maximum atomic E-state index is 15.4. The van der Waals surface area contributed by atoms with E-state index in [1.54, 1.807) is 0 Å². The lowest BCUT2D eigenvalue weighted by Crippen LogP contribution is -2.52. The number of amides is 1. The molecule has 10 rings (SSSR count). The van der Waals surface area contributed by atoms with Gasteiger partial charge in [0.2, 0.25) is 23.5 Å². The lowest BCUT2D eigenvalue weighted by Gasteiger charge is -2.53. The van der Waals surface area contributed by atoms with Gasteiger partial charge in [0.15, 0.2) is 5.82 Å². The zero-order valence-electron chi connectivity index (χ0n) is 25.4. The second-order valence-electron chi connectivity index (χ2n) is 15.4. The summed E-state index contributed by atoms with van der Waals surface area (Å²) >= 11 is 0. The van der Waals surface area contributed by atoms with E-state index >= 15 is 4.39 Å². The zero-order chi connectivity index (χ0) is 29.7. The van der Waals surface area contributed by atoms with Crippen molar-refractivity contribution in [2.45, 2.75) is 106 Å². The van der Waals surface area contributed by atoms with Crippen molar-refractivity contribution in [3.63, 3.8) is 0 Å². The number of ether oxygens (including phenoxy) is 1. The Hall–Kier alpha value is -3.14. The summed E-state index contributed by atoms with van der Waals surface area (Å²) in [6, 6.07) is 7.94. The van der Waals surface area contributed by atoms with Crippen molar-refractivity contribution in [1.82, 2.24) is 20.3 Å². The summed E-state index contributed by atoms with van der Waals surface area (Å²) in [5.74, 6) is 3.20. The molecular formula is C34H40FN5O4. The van der Waals surface area contributed by atoms with E-state index in [0.29, 0.717) is 56.7 Å². The van der Waals surface area contributed by atoms with Crippen LogP contribution in [0.2, 0.25) is 0 Å². The van der Waals surface area contributed by atoms with Gasteiger partial charge in [-0.2, -0.15) is 9.97 Å². The highest BCUT2D eigenvalue weighted by Crippen LogP contribution is 2.59. The van der Waals surface area contributed by atoms with Crippen molar-refractivity contribution in [1.29, 1.82) is 0 Å². The molecule has 1 amide bonds. The van der Waals surface area contributed by atoms with Crippen molar-refractivity contribution >= 4 is 11.6 Å². The van der Waals surface area contributed by atoms with E-state index in [9.17, 15) is 4.79 Å². The molecule has 6 aliphatic carbocycles. The molecule has 1 aromatic carbocycles. The van der Waals surface area contributed by atoms with Gasteiger partial charge in [-0.15, -0.1) is 0 Å². The van der Waals surface area contributed by atoms with E-state index < -0.39 is 5.67 Å². The molecule has 2 unspecified atom stereocenters. The Morgan fingerprint density at radius 1 is 0.955 bits per heavy atom. The van der Waals surface area contributed by atoms with Gasteiger partial charge in [0, 0.05) is 35.0 Å². The smallest absolute Gasteiger partial charge is 0.237 e. The van der Waals surface area contributed by atoms with E-state index in [2.05, 4.69) is 17.2 Å². The zero-order valence-corrected chi connectivity index (χ0v) is 25.4. The van der Waals surface area contributed by atoms with Crippen LogP contribution in [-0.2, 0) is 20.4 Å². The Kier molecular flexibility index (Phi) is 5.83. The average molecular weight is 602 g/mol. The summed E-state index contributed by atoms with van der Waals surface area (Å²) in [5, 5.41) is 8.61. The van der Waals surface area contributed by atoms with Crippen molar-refractivity contribution in [2.75, 3.05) is 24.7 Å². The number of carbonyl (C=O) groups is 1. The molecule has 1 aliphatic heterocycles. The molecule has 0 spiro atoms. The monoisotopic (exact) mass is 601 g/mol. The molecule has 6 saturated carbocycles. The van der Waals surface area contributed by atoms with Gasteiger partial charge in [0.25, 0.3) is 0 Å². The highest BCUT2D eigenvalue weighted by atomic mass is 19.1. The van der Waals surface area contributed by atoms with Crippen LogP contribution >= 0.6 is 0 Å². The molecule has 0 N–H and O–H groups in total. The van der Waals surface area contributed by atoms with Crippen molar-refractivity contribution < 1.29 is 23.0 Å². The molecule has 4 bridgehead atoms. The van der Waals surface area contributed by atoms with E-state index in [1.165, 1.54) is 0 Å². The van der Waals surface area contributed by atoms with Crippen molar-refractivity contribution in [2.24, 2.45) is 17.3 Å². The minimum absolute atomic E-state index is 0.00983. The van der Waals surface area contributed by atoms with Gasteiger partial charge in [-0.05, 0) is 107 Å². The van der Waals surface area contributed by atoms with Crippen LogP contribution in [-0.4, -0.2) is 51.6 Å². The minimum atomic E-state index is -1.18. The Balaban J connectivity index is 1.00. The predicted octanol–water partition coefficient (Wildman–Crippen LogP) is 6.44. The number of anilines is 1. The van der Waals surface area contributed by atoms with Crippen LogP contribution in [0.3, 0.4) is 0 Å².